The van der Waals surface area contributed by atoms with Crippen LogP contribution < -0.4 is 0 Å². The predicted molar refractivity (Wildman–Crippen MR) is 84.7 cm³/mol. The van der Waals surface area contributed by atoms with Crippen LogP contribution in [0.4, 0.5) is 0 Å². The summed E-state index contributed by atoms with van der Waals surface area (Å²) in [6.07, 6.45) is 3.93. The predicted octanol–water partition coefficient (Wildman–Crippen LogP) is 1.59. The maximum atomic E-state index is 12.7. The van der Waals surface area contributed by atoms with Crippen LogP contribution in [0.5, 0.6) is 0 Å². The number of amides is 1. The van der Waals surface area contributed by atoms with Crippen LogP contribution in [0.25, 0.3) is 5.69 Å². The van der Waals surface area contributed by atoms with Crippen LogP contribution in [0.15, 0.2) is 36.7 Å². The van der Waals surface area contributed by atoms with E-state index in [4.69, 9.17) is 0 Å². The van der Waals surface area contributed by atoms with Crippen LogP contribution in [0.3, 0.4) is 0 Å². The highest BCUT2D eigenvalue weighted by Gasteiger charge is 2.56. The zero-order chi connectivity index (χ0) is 16.7. The molecule has 1 N–H and O–H groups in total. The van der Waals surface area contributed by atoms with Gasteiger partial charge in [0.15, 0.2) is 0 Å². The third-order valence-corrected chi connectivity index (χ3v) is 5.29. The molecule has 1 aromatic carbocycles. The Labute approximate surface area is 138 Å². The fraction of sp³-hybridized carbons (Fsp3) is 0.412. The number of likely N-dealkylation sites (tertiary alicyclic amines) is 1. The van der Waals surface area contributed by atoms with E-state index in [9.17, 15) is 14.7 Å². The first-order valence-corrected chi connectivity index (χ1v) is 8.10. The second kappa shape index (κ2) is 5.43. The van der Waals surface area contributed by atoms with Gasteiger partial charge in [-0.25, -0.2) is 9.67 Å². The highest BCUT2D eigenvalue weighted by molar-refractivity contribution is 5.91. The number of benzene rings is 1. The van der Waals surface area contributed by atoms with Gasteiger partial charge in [0.1, 0.15) is 6.33 Å². The molecule has 1 saturated heterocycles. The van der Waals surface area contributed by atoms with Gasteiger partial charge in [0.05, 0.1) is 11.1 Å². The van der Waals surface area contributed by atoms with E-state index in [0.29, 0.717) is 13.0 Å². The van der Waals surface area contributed by atoms with Crippen molar-refractivity contribution in [1.29, 1.82) is 0 Å². The number of carboxylic acids is 1. The van der Waals surface area contributed by atoms with Gasteiger partial charge < -0.3 is 10.0 Å². The summed E-state index contributed by atoms with van der Waals surface area (Å²) in [5.74, 6) is -0.933. The van der Waals surface area contributed by atoms with E-state index in [1.807, 2.05) is 30.3 Å². The Morgan fingerprint density at radius 2 is 2.04 bits per heavy atom. The lowest BCUT2D eigenvalue weighted by molar-refractivity contribution is -0.149. The second-order valence-corrected chi connectivity index (χ2v) is 6.58. The summed E-state index contributed by atoms with van der Waals surface area (Å²) >= 11 is 0. The van der Waals surface area contributed by atoms with E-state index in [-0.39, 0.29) is 24.2 Å². The van der Waals surface area contributed by atoms with Gasteiger partial charge in [0.2, 0.25) is 5.82 Å². The van der Waals surface area contributed by atoms with Crippen molar-refractivity contribution in [2.24, 2.45) is 11.3 Å². The van der Waals surface area contributed by atoms with Crippen molar-refractivity contribution < 1.29 is 14.7 Å². The Hall–Kier alpha value is -2.70. The number of hydrogen-bond donors (Lipinski definition) is 1. The van der Waals surface area contributed by atoms with Crippen molar-refractivity contribution >= 4 is 11.9 Å². The molecule has 0 bridgehead atoms. The molecule has 0 spiro atoms. The molecule has 2 atom stereocenters. The van der Waals surface area contributed by atoms with E-state index in [1.54, 1.807) is 9.58 Å². The summed E-state index contributed by atoms with van der Waals surface area (Å²) in [5.41, 5.74) is 0.0434. The molecule has 2 aromatic rings. The molecule has 1 aromatic heterocycles. The monoisotopic (exact) mass is 326 g/mol. The molecule has 1 aliphatic carbocycles. The van der Waals surface area contributed by atoms with Crippen molar-refractivity contribution in [1.82, 2.24) is 19.7 Å². The lowest BCUT2D eigenvalue weighted by Gasteiger charge is -2.22. The van der Waals surface area contributed by atoms with Gasteiger partial charge in [-0.1, -0.05) is 24.6 Å². The van der Waals surface area contributed by atoms with Crippen LogP contribution in [-0.4, -0.2) is 49.7 Å². The Balaban J connectivity index is 1.55. The number of carbonyl (C=O) groups is 2. The molecule has 7 nitrogen and oxygen atoms in total. The van der Waals surface area contributed by atoms with Crippen LogP contribution in [0.2, 0.25) is 0 Å². The number of carbonyl (C=O) groups excluding carboxylic acids is 1. The maximum absolute atomic E-state index is 12.7. The first-order chi connectivity index (χ1) is 11.6. The normalized spacial score (nSPS) is 25.7. The Morgan fingerprint density at radius 3 is 2.75 bits per heavy atom. The molecule has 4 rings (SSSR count). The molecule has 0 unspecified atom stereocenters. The number of aromatic nitrogens is 3. The van der Waals surface area contributed by atoms with E-state index < -0.39 is 11.4 Å². The second-order valence-electron chi connectivity index (χ2n) is 6.58. The number of aliphatic carboxylic acids is 1. The van der Waals surface area contributed by atoms with Gasteiger partial charge >= 0.3 is 5.97 Å². The minimum Gasteiger partial charge on any atom is -0.481 e. The Bertz CT molecular complexity index is 788. The fourth-order valence-corrected chi connectivity index (χ4v) is 4.00. The van der Waals surface area contributed by atoms with Crippen molar-refractivity contribution in [3.63, 3.8) is 0 Å². The summed E-state index contributed by atoms with van der Waals surface area (Å²) < 4.78 is 1.55. The lowest BCUT2D eigenvalue weighted by atomic mass is 9.81. The summed E-state index contributed by atoms with van der Waals surface area (Å²) in [4.78, 5) is 30.1. The van der Waals surface area contributed by atoms with Gasteiger partial charge in [0, 0.05) is 13.1 Å². The molecule has 2 aliphatic rings. The van der Waals surface area contributed by atoms with E-state index in [0.717, 1.165) is 18.5 Å². The topological polar surface area (TPSA) is 88.3 Å². The van der Waals surface area contributed by atoms with Crippen LogP contribution in [0.1, 0.15) is 29.9 Å². The molecule has 2 fully saturated rings. The molecule has 124 valence electrons. The van der Waals surface area contributed by atoms with Crippen LogP contribution in [0, 0.1) is 11.3 Å². The van der Waals surface area contributed by atoms with Gasteiger partial charge in [-0.2, -0.15) is 0 Å². The Morgan fingerprint density at radius 1 is 1.25 bits per heavy atom. The molecular weight excluding hydrogens is 308 g/mol. The van der Waals surface area contributed by atoms with E-state index >= 15 is 0 Å². The summed E-state index contributed by atoms with van der Waals surface area (Å²) in [7, 11) is 0. The van der Waals surface area contributed by atoms with Gasteiger partial charge in [-0.05, 0) is 30.9 Å². The number of rotatable bonds is 3. The van der Waals surface area contributed by atoms with Crippen molar-refractivity contribution in [2.45, 2.75) is 19.3 Å². The van der Waals surface area contributed by atoms with Crippen molar-refractivity contribution in [2.75, 3.05) is 13.1 Å². The highest BCUT2D eigenvalue weighted by Crippen LogP contribution is 2.49. The van der Waals surface area contributed by atoms with Gasteiger partial charge in [0.25, 0.3) is 5.91 Å². The molecule has 0 radical (unpaired) electrons. The van der Waals surface area contributed by atoms with Crippen LogP contribution >= 0.6 is 0 Å². The molecule has 1 saturated carbocycles. The van der Waals surface area contributed by atoms with Gasteiger partial charge in [-0.3, -0.25) is 9.59 Å². The average Bonchev–Trinajstić information content (AvgIpc) is 3.29. The number of nitrogens with zero attached hydrogens (tertiary/aromatic N) is 4. The standard InChI is InChI=1S/C17H18N4O3/c22-15(14-18-11-21(19-14)13-6-2-1-3-7-13)20-9-12-5-4-8-17(12,10-20)16(23)24/h1-3,6-7,11-12H,4-5,8-10H2,(H,23,24)/t12-,17+/m0/s1. The number of para-hydroxylation sites is 1. The number of hydrogen-bond acceptors (Lipinski definition) is 4. The SMILES string of the molecule is O=C(c1ncn(-c2ccccc2)n1)N1C[C@@H]2CCC[C@@]2(C(=O)O)C1. The third-order valence-electron chi connectivity index (χ3n) is 5.29. The minimum absolute atomic E-state index is 0.0372. The molecule has 24 heavy (non-hydrogen) atoms. The Kier molecular flexibility index (Phi) is 3.37. The zero-order valence-corrected chi connectivity index (χ0v) is 13.1. The number of fused-ring (bicyclic) bond motifs is 1. The molecule has 1 amide bonds. The molecule has 2 heterocycles. The molecule has 1 aliphatic heterocycles. The first kappa shape index (κ1) is 14.9. The smallest absolute Gasteiger partial charge is 0.311 e. The lowest BCUT2D eigenvalue weighted by Crippen LogP contribution is -2.37. The minimum atomic E-state index is -0.789. The van der Waals surface area contributed by atoms with E-state index in [2.05, 4.69) is 10.1 Å². The molecule has 7 heteroatoms. The number of carboxylic acid groups (broad SMARTS) is 1. The first-order valence-electron chi connectivity index (χ1n) is 8.10. The maximum Gasteiger partial charge on any atom is 0.311 e. The van der Waals surface area contributed by atoms with Crippen molar-refractivity contribution in [3.8, 4) is 5.69 Å². The van der Waals surface area contributed by atoms with Crippen molar-refractivity contribution in [3.05, 3.63) is 42.5 Å². The average molecular weight is 326 g/mol. The largest absolute Gasteiger partial charge is 0.481 e. The quantitative estimate of drug-likeness (QED) is 0.925. The van der Waals surface area contributed by atoms with Crippen LogP contribution in [-0.2, 0) is 4.79 Å². The summed E-state index contributed by atoms with van der Waals surface area (Å²) in [6, 6.07) is 9.43. The molecular formula is C17H18N4O3. The highest BCUT2D eigenvalue weighted by atomic mass is 16.4. The summed E-state index contributed by atoms with van der Waals surface area (Å²) in [5, 5.41) is 13.9. The van der Waals surface area contributed by atoms with E-state index in [1.165, 1.54) is 6.33 Å². The fourth-order valence-electron chi connectivity index (χ4n) is 4.00. The third kappa shape index (κ3) is 2.19. The zero-order valence-electron chi connectivity index (χ0n) is 13.1. The van der Waals surface area contributed by atoms with Gasteiger partial charge in [-0.15, -0.1) is 5.10 Å². The summed E-state index contributed by atoms with van der Waals surface area (Å²) in [6.45, 7) is 0.733.